The van der Waals surface area contributed by atoms with Gasteiger partial charge in [-0.15, -0.1) is 0 Å². The number of esters is 1. The maximum absolute atomic E-state index is 11.8. The third-order valence-electron chi connectivity index (χ3n) is 3.11. The van der Waals surface area contributed by atoms with Gasteiger partial charge in [-0.3, -0.25) is 4.79 Å². The van der Waals surface area contributed by atoms with Crippen LogP contribution in [0.1, 0.15) is 47.0 Å². The highest BCUT2D eigenvalue weighted by Crippen LogP contribution is 2.32. The quantitative estimate of drug-likeness (QED) is 0.537. The molecule has 16 heavy (non-hydrogen) atoms. The molecule has 0 aliphatic carbocycles. The average Bonchev–Trinajstić information content (AvgIpc) is 2.28. The molecule has 4 nitrogen and oxygen atoms in total. The summed E-state index contributed by atoms with van der Waals surface area (Å²) in [6, 6.07) is 0. The van der Waals surface area contributed by atoms with Gasteiger partial charge in [0.05, 0.1) is 12.5 Å². The number of ether oxygens (including phenoxy) is 2. The summed E-state index contributed by atoms with van der Waals surface area (Å²) in [5.41, 5.74) is -0.608. The van der Waals surface area contributed by atoms with Crippen molar-refractivity contribution in [3.8, 4) is 0 Å². The van der Waals surface area contributed by atoms with Crippen LogP contribution < -0.4 is 0 Å². The summed E-state index contributed by atoms with van der Waals surface area (Å²) in [4.78, 5) is 22.7. The van der Waals surface area contributed by atoms with Crippen LogP contribution in [0.3, 0.4) is 0 Å². The number of methoxy groups -OCH3 is 1. The minimum absolute atomic E-state index is 0.426. The van der Waals surface area contributed by atoms with Crippen molar-refractivity contribution in [1.29, 1.82) is 0 Å². The molecular formula is C12H22O4. The second-order valence-corrected chi connectivity index (χ2v) is 4.48. The Bertz CT molecular complexity index is 249. The molecule has 0 amide bonds. The largest absolute Gasteiger partial charge is 0.515 e. The van der Waals surface area contributed by atoms with Crippen LogP contribution in [0.4, 0.5) is 4.79 Å². The van der Waals surface area contributed by atoms with Gasteiger partial charge in [-0.2, -0.15) is 0 Å². The molecule has 0 bridgehead atoms. The first kappa shape index (κ1) is 14.9. The van der Waals surface area contributed by atoms with E-state index in [2.05, 4.69) is 23.3 Å². The molecule has 0 aromatic rings. The van der Waals surface area contributed by atoms with Gasteiger partial charge in [0.1, 0.15) is 0 Å². The minimum atomic E-state index is -0.936. The number of hydrogen-bond donors (Lipinski definition) is 0. The highest BCUT2D eigenvalue weighted by atomic mass is 16.7. The maximum atomic E-state index is 11.8. The summed E-state index contributed by atoms with van der Waals surface area (Å²) in [7, 11) is 1.19. The zero-order valence-corrected chi connectivity index (χ0v) is 10.8. The van der Waals surface area contributed by atoms with E-state index >= 15 is 0 Å². The predicted octanol–water partition coefficient (Wildman–Crippen LogP) is 3.15. The van der Waals surface area contributed by atoms with Gasteiger partial charge in [0, 0.05) is 0 Å². The fraction of sp³-hybridized carbons (Fsp3) is 0.833. The molecule has 2 unspecified atom stereocenters. The Morgan fingerprint density at radius 3 is 2.25 bits per heavy atom. The van der Waals surface area contributed by atoms with Gasteiger partial charge in [-0.05, 0) is 25.7 Å². The highest BCUT2D eigenvalue weighted by Gasteiger charge is 2.35. The predicted molar refractivity (Wildman–Crippen MR) is 61.0 cm³/mol. The summed E-state index contributed by atoms with van der Waals surface area (Å²) in [6.45, 7) is 7.90. The lowest BCUT2D eigenvalue weighted by atomic mass is 9.78. The van der Waals surface area contributed by atoms with E-state index in [1.807, 2.05) is 13.8 Å². The number of carbonyl (C=O) groups is 2. The lowest BCUT2D eigenvalue weighted by molar-refractivity contribution is -0.151. The summed E-state index contributed by atoms with van der Waals surface area (Å²) in [5.74, 6) is -0.0719. The molecule has 0 aromatic carbocycles. The minimum Gasteiger partial charge on any atom is -0.437 e. The first-order valence-corrected chi connectivity index (χ1v) is 5.69. The normalized spacial score (nSPS) is 16.1. The van der Waals surface area contributed by atoms with E-state index in [0.717, 1.165) is 12.8 Å². The second kappa shape index (κ2) is 6.51. The maximum Gasteiger partial charge on any atom is 0.515 e. The molecular weight excluding hydrogens is 208 g/mol. The average molecular weight is 230 g/mol. The zero-order chi connectivity index (χ0) is 12.8. The molecule has 0 radical (unpaired) electrons. The van der Waals surface area contributed by atoms with Gasteiger partial charge >= 0.3 is 12.1 Å². The monoisotopic (exact) mass is 230 g/mol. The van der Waals surface area contributed by atoms with Crippen LogP contribution in [-0.4, -0.2) is 19.2 Å². The molecule has 0 heterocycles. The molecule has 0 aromatic heterocycles. The van der Waals surface area contributed by atoms with Crippen LogP contribution in [0, 0.1) is 11.3 Å². The van der Waals surface area contributed by atoms with Crippen molar-refractivity contribution in [3.05, 3.63) is 0 Å². The number of carbonyl (C=O) groups excluding carboxylic acids is 2. The fourth-order valence-corrected chi connectivity index (χ4v) is 1.53. The summed E-state index contributed by atoms with van der Waals surface area (Å²) in [5, 5.41) is 0. The third-order valence-corrected chi connectivity index (χ3v) is 3.11. The molecule has 2 atom stereocenters. The van der Waals surface area contributed by atoms with E-state index in [9.17, 15) is 9.59 Å². The topological polar surface area (TPSA) is 52.6 Å². The Labute approximate surface area is 97.3 Å². The van der Waals surface area contributed by atoms with Crippen LogP contribution in [0.5, 0.6) is 0 Å². The highest BCUT2D eigenvalue weighted by molar-refractivity contribution is 5.85. The molecule has 4 heteroatoms. The molecule has 0 fully saturated rings. The first-order valence-electron chi connectivity index (χ1n) is 5.69. The SMILES string of the molecule is CCC(C)CC(C)(CC)C(=O)OC(=O)OC. The van der Waals surface area contributed by atoms with Crippen molar-refractivity contribution < 1.29 is 19.1 Å². The molecule has 0 aliphatic heterocycles. The molecule has 0 saturated carbocycles. The van der Waals surface area contributed by atoms with Gasteiger partial charge in [-0.25, -0.2) is 4.79 Å². The second-order valence-electron chi connectivity index (χ2n) is 4.48. The Hall–Kier alpha value is -1.06. The molecule has 94 valence electrons. The first-order chi connectivity index (χ1) is 7.39. The van der Waals surface area contributed by atoms with E-state index < -0.39 is 17.5 Å². The lowest BCUT2D eigenvalue weighted by Crippen LogP contribution is -2.32. The standard InChI is InChI=1S/C12H22O4/c1-6-9(3)8-12(4,7-2)10(13)16-11(14)15-5/h9H,6-8H2,1-5H3. The van der Waals surface area contributed by atoms with E-state index in [1.165, 1.54) is 7.11 Å². The summed E-state index contributed by atoms with van der Waals surface area (Å²) < 4.78 is 8.91. The van der Waals surface area contributed by atoms with Crippen molar-refractivity contribution in [1.82, 2.24) is 0 Å². The van der Waals surface area contributed by atoms with Gasteiger partial charge in [-0.1, -0.05) is 27.2 Å². The van der Waals surface area contributed by atoms with E-state index in [-0.39, 0.29) is 0 Å². The zero-order valence-electron chi connectivity index (χ0n) is 10.8. The number of rotatable bonds is 5. The summed E-state index contributed by atoms with van der Waals surface area (Å²) >= 11 is 0. The molecule has 0 saturated heterocycles. The third kappa shape index (κ3) is 4.21. The Morgan fingerprint density at radius 1 is 1.31 bits per heavy atom. The van der Waals surface area contributed by atoms with Gasteiger partial charge in [0.15, 0.2) is 0 Å². The number of hydrogen-bond acceptors (Lipinski definition) is 4. The lowest BCUT2D eigenvalue weighted by Gasteiger charge is -2.27. The fourth-order valence-electron chi connectivity index (χ4n) is 1.53. The van der Waals surface area contributed by atoms with E-state index in [0.29, 0.717) is 12.3 Å². The summed E-state index contributed by atoms with van der Waals surface area (Å²) in [6.07, 6.45) is 1.43. The van der Waals surface area contributed by atoms with Crippen LogP contribution in [0.15, 0.2) is 0 Å². The van der Waals surface area contributed by atoms with Crippen LogP contribution in [0.2, 0.25) is 0 Å². The Kier molecular flexibility index (Phi) is 6.08. The van der Waals surface area contributed by atoms with Crippen LogP contribution >= 0.6 is 0 Å². The molecule has 0 spiro atoms. The van der Waals surface area contributed by atoms with Crippen molar-refractivity contribution in [3.63, 3.8) is 0 Å². The van der Waals surface area contributed by atoms with Gasteiger partial charge in [0.25, 0.3) is 0 Å². The molecule has 0 aliphatic rings. The van der Waals surface area contributed by atoms with Gasteiger partial charge < -0.3 is 9.47 Å². The molecule has 0 rings (SSSR count). The van der Waals surface area contributed by atoms with Crippen molar-refractivity contribution >= 4 is 12.1 Å². The van der Waals surface area contributed by atoms with Crippen molar-refractivity contribution in [2.75, 3.05) is 7.11 Å². The van der Waals surface area contributed by atoms with Crippen LogP contribution in [0.25, 0.3) is 0 Å². The Balaban J connectivity index is 4.55. The molecule has 0 N–H and O–H groups in total. The van der Waals surface area contributed by atoms with Crippen molar-refractivity contribution in [2.45, 2.75) is 47.0 Å². The Morgan fingerprint density at radius 2 is 1.88 bits per heavy atom. The van der Waals surface area contributed by atoms with Crippen molar-refractivity contribution in [2.24, 2.45) is 11.3 Å². The van der Waals surface area contributed by atoms with Crippen LogP contribution in [-0.2, 0) is 14.3 Å². The van der Waals surface area contributed by atoms with E-state index in [4.69, 9.17) is 0 Å². The smallest absolute Gasteiger partial charge is 0.437 e. The van der Waals surface area contributed by atoms with Gasteiger partial charge in [0.2, 0.25) is 0 Å². The van der Waals surface area contributed by atoms with E-state index in [1.54, 1.807) is 0 Å².